The molecule has 2 heterocycles. The number of anilines is 2. The lowest BCUT2D eigenvalue weighted by Crippen LogP contribution is -2.21. The number of halogens is 1. The van der Waals surface area contributed by atoms with Crippen LogP contribution in [0.4, 0.5) is 15.9 Å². The molecular weight excluding hydrogens is 331 g/mol. The summed E-state index contributed by atoms with van der Waals surface area (Å²) in [5, 5.41) is 2.66. The molecule has 0 atom stereocenters. The molecule has 1 amide bonds. The van der Waals surface area contributed by atoms with Crippen LogP contribution >= 0.6 is 0 Å². The van der Waals surface area contributed by atoms with E-state index in [-0.39, 0.29) is 5.91 Å². The number of amides is 1. The summed E-state index contributed by atoms with van der Waals surface area (Å²) in [4.78, 5) is 22.6. The number of carbonyl (C=O) groups excluding carboxylic acids is 1. The molecule has 0 unspecified atom stereocenters. The third-order valence-electron chi connectivity index (χ3n) is 3.97. The minimum absolute atomic E-state index is 0.325. The minimum Gasteiger partial charge on any atom is -0.359 e. The van der Waals surface area contributed by atoms with Crippen LogP contribution in [-0.2, 0) is 6.42 Å². The lowest BCUT2D eigenvalue weighted by atomic mass is 10.2. The van der Waals surface area contributed by atoms with Gasteiger partial charge in [-0.1, -0.05) is 6.07 Å². The zero-order valence-corrected chi connectivity index (χ0v) is 14.4. The molecule has 0 saturated heterocycles. The number of rotatable bonds is 6. The van der Waals surface area contributed by atoms with Gasteiger partial charge >= 0.3 is 0 Å². The molecule has 0 bridgehead atoms. The fourth-order valence-corrected chi connectivity index (χ4v) is 2.48. The van der Waals surface area contributed by atoms with E-state index in [0.29, 0.717) is 11.3 Å². The van der Waals surface area contributed by atoms with Crippen molar-refractivity contribution < 1.29 is 9.18 Å². The molecular formula is C20H19FN4O. The van der Waals surface area contributed by atoms with Crippen LogP contribution in [0.25, 0.3) is 0 Å². The van der Waals surface area contributed by atoms with Crippen LogP contribution in [0.15, 0.2) is 67.1 Å². The van der Waals surface area contributed by atoms with Crippen LogP contribution in [0.3, 0.4) is 0 Å². The molecule has 0 aliphatic heterocycles. The molecule has 0 aliphatic rings. The largest absolute Gasteiger partial charge is 0.359 e. The molecule has 0 fully saturated rings. The number of benzene rings is 1. The summed E-state index contributed by atoms with van der Waals surface area (Å²) >= 11 is 0. The summed E-state index contributed by atoms with van der Waals surface area (Å²) in [5.41, 5.74) is 2.03. The molecule has 0 aliphatic carbocycles. The number of hydrogen-bond acceptors (Lipinski definition) is 4. The van der Waals surface area contributed by atoms with Crippen LogP contribution in [0.1, 0.15) is 15.9 Å². The molecule has 132 valence electrons. The highest BCUT2D eigenvalue weighted by molar-refractivity contribution is 6.04. The number of likely N-dealkylation sites (N-methyl/N-ethyl adjacent to an activating group) is 1. The monoisotopic (exact) mass is 350 g/mol. The number of nitrogens with one attached hydrogen (secondary N) is 1. The highest BCUT2D eigenvalue weighted by atomic mass is 19.1. The molecule has 3 aromatic rings. The zero-order valence-electron chi connectivity index (χ0n) is 14.4. The number of carbonyl (C=O) groups is 1. The molecule has 5 nitrogen and oxygen atoms in total. The van der Waals surface area contributed by atoms with E-state index < -0.39 is 5.82 Å². The zero-order chi connectivity index (χ0) is 18.4. The first kappa shape index (κ1) is 17.5. The van der Waals surface area contributed by atoms with Crippen LogP contribution in [0.5, 0.6) is 0 Å². The standard InChI is InChI=1S/C20H19FN4O/c1-25(12-9-15-7-10-22-11-8-15)19-6-5-16(14-23-19)20(26)24-18-4-2-3-17(21)13-18/h2-8,10-11,13-14H,9,12H2,1H3,(H,24,26). The molecule has 0 spiro atoms. The Hall–Kier alpha value is -3.28. The summed E-state index contributed by atoms with van der Waals surface area (Å²) in [5.74, 6) is 0.0579. The second-order valence-corrected chi connectivity index (χ2v) is 5.90. The van der Waals surface area contributed by atoms with Gasteiger partial charge in [-0.25, -0.2) is 9.37 Å². The van der Waals surface area contributed by atoms with Gasteiger partial charge in [0.2, 0.25) is 0 Å². The van der Waals surface area contributed by atoms with E-state index in [9.17, 15) is 9.18 Å². The Bertz CT molecular complexity index is 868. The quantitative estimate of drug-likeness (QED) is 0.739. The van der Waals surface area contributed by atoms with Crippen LogP contribution < -0.4 is 10.2 Å². The van der Waals surface area contributed by atoms with Gasteiger partial charge in [-0.3, -0.25) is 9.78 Å². The van der Waals surface area contributed by atoms with Gasteiger partial charge in [-0.15, -0.1) is 0 Å². The topological polar surface area (TPSA) is 58.1 Å². The van der Waals surface area contributed by atoms with Crippen molar-refractivity contribution in [1.29, 1.82) is 0 Å². The predicted molar refractivity (Wildman–Crippen MR) is 99.8 cm³/mol. The van der Waals surface area contributed by atoms with Crippen molar-refractivity contribution >= 4 is 17.4 Å². The van der Waals surface area contributed by atoms with Crippen molar-refractivity contribution in [3.8, 4) is 0 Å². The summed E-state index contributed by atoms with van der Waals surface area (Å²) < 4.78 is 13.2. The summed E-state index contributed by atoms with van der Waals surface area (Å²) in [6.07, 6.45) is 5.95. The maximum atomic E-state index is 13.2. The Morgan fingerprint density at radius 2 is 1.96 bits per heavy atom. The molecule has 6 heteroatoms. The Morgan fingerprint density at radius 3 is 2.65 bits per heavy atom. The van der Waals surface area contributed by atoms with Crippen molar-refractivity contribution in [2.75, 3.05) is 23.8 Å². The number of nitrogens with zero attached hydrogens (tertiary/aromatic N) is 3. The van der Waals surface area contributed by atoms with Gasteiger partial charge in [0.25, 0.3) is 5.91 Å². The van der Waals surface area contributed by atoms with Gasteiger partial charge < -0.3 is 10.2 Å². The van der Waals surface area contributed by atoms with Gasteiger partial charge in [0.1, 0.15) is 11.6 Å². The SMILES string of the molecule is CN(CCc1ccncc1)c1ccc(C(=O)Nc2cccc(F)c2)cn1. The second-order valence-electron chi connectivity index (χ2n) is 5.90. The van der Waals surface area contributed by atoms with Gasteiger partial charge in [0.05, 0.1) is 5.56 Å². The van der Waals surface area contributed by atoms with Crippen LogP contribution in [-0.4, -0.2) is 29.5 Å². The highest BCUT2D eigenvalue weighted by Crippen LogP contribution is 2.14. The average Bonchev–Trinajstić information content (AvgIpc) is 2.67. The van der Waals surface area contributed by atoms with E-state index in [0.717, 1.165) is 18.8 Å². The van der Waals surface area contributed by atoms with Crippen molar-refractivity contribution in [2.24, 2.45) is 0 Å². The Labute approximate surface area is 151 Å². The first-order valence-electron chi connectivity index (χ1n) is 8.25. The normalized spacial score (nSPS) is 10.4. The Balaban J connectivity index is 1.59. The Kier molecular flexibility index (Phi) is 5.53. The molecule has 3 rings (SSSR count). The van der Waals surface area contributed by atoms with Gasteiger partial charge in [0, 0.05) is 37.9 Å². The van der Waals surface area contributed by atoms with Crippen LogP contribution in [0, 0.1) is 5.82 Å². The molecule has 26 heavy (non-hydrogen) atoms. The summed E-state index contributed by atoms with van der Waals surface area (Å²) in [6.45, 7) is 0.797. The smallest absolute Gasteiger partial charge is 0.257 e. The minimum atomic E-state index is -0.396. The van der Waals surface area contributed by atoms with Crippen molar-refractivity contribution in [2.45, 2.75) is 6.42 Å². The molecule has 1 aromatic carbocycles. The number of hydrogen-bond donors (Lipinski definition) is 1. The fourth-order valence-electron chi connectivity index (χ4n) is 2.48. The highest BCUT2D eigenvalue weighted by Gasteiger charge is 2.09. The van der Waals surface area contributed by atoms with E-state index in [1.54, 1.807) is 36.7 Å². The summed E-state index contributed by atoms with van der Waals surface area (Å²) in [6, 6.07) is 13.3. The van der Waals surface area contributed by atoms with E-state index in [2.05, 4.69) is 15.3 Å². The van der Waals surface area contributed by atoms with Crippen molar-refractivity contribution in [3.63, 3.8) is 0 Å². The molecule has 1 N–H and O–H groups in total. The maximum absolute atomic E-state index is 13.2. The Morgan fingerprint density at radius 1 is 1.15 bits per heavy atom. The van der Waals surface area contributed by atoms with Gasteiger partial charge in [-0.2, -0.15) is 0 Å². The van der Waals surface area contributed by atoms with E-state index >= 15 is 0 Å². The lowest BCUT2D eigenvalue weighted by molar-refractivity contribution is 0.102. The molecule has 2 aromatic heterocycles. The number of pyridine rings is 2. The molecule has 0 saturated carbocycles. The first-order valence-corrected chi connectivity index (χ1v) is 8.25. The van der Waals surface area contributed by atoms with E-state index in [1.807, 2.05) is 24.1 Å². The van der Waals surface area contributed by atoms with Gasteiger partial charge in [0.15, 0.2) is 0 Å². The predicted octanol–water partition coefficient (Wildman–Crippen LogP) is 3.55. The first-order chi connectivity index (χ1) is 12.6. The lowest BCUT2D eigenvalue weighted by Gasteiger charge is -2.18. The third-order valence-corrected chi connectivity index (χ3v) is 3.97. The van der Waals surface area contributed by atoms with Gasteiger partial charge in [-0.05, 0) is 54.4 Å². The third kappa shape index (κ3) is 4.63. The van der Waals surface area contributed by atoms with E-state index in [4.69, 9.17) is 0 Å². The van der Waals surface area contributed by atoms with Crippen molar-refractivity contribution in [1.82, 2.24) is 9.97 Å². The fraction of sp³-hybridized carbons (Fsp3) is 0.150. The summed E-state index contributed by atoms with van der Waals surface area (Å²) in [7, 11) is 1.95. The van der Waals surface area contributed by atoms with E-state index in [1.165, 1.54) is 23.9 Å². The maximum Gasteiger partial charge on any atom is 0.257 e. The number of aromatic nitrogens is 2. The second kappa shape index (κ2) is 8.20. The molecule has 0 radical (unpaired) electrons. The average molecular weight is 350 g/mol. The van der Waals surface area contributed by atoms with Crippen molar-refractivity contribution in [3.05, 3.63) is 84.1 Å². The van der Waals surface area contributed by atoms with Crippen LogP contribution in [0.2, 0.25) is 0 Å².